The van der Waals surface area contributed by atoms with E-state index < -0.39 is 58.0 Å². The molecule has 2 aliphatic heterocycles. The summed E-state index contributed by atoms with van der Waals surface area (Å²) < 4.78 is 28.0. The third-order valence-corrected chi connectivity index (χ3v) is 7.18. The Morgan fingerprint density at radius 2 is 1.82 bits per heavy atom. The molecule has 1 aromatic carbocycles. The lowest BCUT2D eigenvalue weighted by molar-refractivity contribution is -0.125. The summed E-state index contributed by atoms with van der Waals surface area (Å²) in [4.78, 5) is 51.5. The van der Waals surface area contributed by atoms with Gasteiger partial charge in [-0.1, -0.05) is 13.8 Å². The van der Waals surface area contributed by atoms with E-state index in [1.165, 1.54) is 17.2 Å². The molecule has 11 heteroatoms. The second-order valence-electron chi connectivity index (χ2n) is 9.64. The summed E-state index contributed by atoms with van der Waals surface area (Å²) in [6.07, 6.45) is 4.48. The minimum absolute atomic E-state index is 0.00273. The molecule has 6 N–H and O–H groups in total. The van der Waals surface area contributed by atoms with Gasteiger partial charge in [0.15, 0.2) is 11.6 Å². The van der Waals surface area contributed by atoms with Gasteiger partial charge in [-0.2, -0.15) is 0 Å². The average molecular weight is 473 g/mol. The third-order valence-electron chi connectivity index (χ3n) is 7.18. The van der Waals surface area contributed by atoms with Crippen LogP contribution in [-0.4, -0.2) is 46.7 Å². The minimum Gasteiger partial charge on any atom is -0.374 e. The van der Waals surface area contributed by atoms with E-state index in [4.69, 9.17) is 11.5 Å². The number of carbonyl (C=O) groups excluding carboxylic acids is 4. The Morgan fingerprint density at radius 1 is 1.15 bits per heavy atom. The van der Waals surface area contributed by atoms with Crippen molar-refractivity contribution in [1.29, 1.82) is 0 Å². The molecule has 1 aliphatic carbocycles. The fourth-order valence-electron chi connectivity index (χ4n) is 5.06. The highest BCUT2D eigenvalue weighted by Crippen LogP contribution is 2.65. The Bertz CT molecular complexity index is 1190. The molecule has 1 unspecified atom stereocenters. The van der Waals surface area contributed by atoms with E-state index in [9.17, 15) is 28.0 Å². The molecule has 1 aromatic rings. The van der Waals surface area contributed by atoms with Crippen molar-refractivity contribution in [2.24, 2.45) is 28.7 Å². The van der Waals surface area contributed by atoms with Crippen LogP contribution < -0.4 is 22.1 Å². The van der Waals surface area contributed by atoms with Gasteiger partial charge in [0.25, 0.3) is 11.8 Å². The summed E-state index contributed by atoms with van der Waals surface area (Å²) in [5, 5.41) is 5.54. The van der Waals surface area contributed by atoms with Crippen LogP contribution in [-0.2, 0) is 9.59 Å². The lowest BCUT2D eigenvalue weighted by atomic mass is 9.96. The number of nitrogens with zero attached hydrogens (tertiary/aromatic N) is 1. The van der Waals surface area contributed by atoms with Crippen molar-refractivity contribution in [1.82, 2.24) is 15.5 Å². The standard InChI is InChI=1S/C23H25F2N5O4/c1-22(2)12-9-30(20(33)11-4-5-13(24)16(25)14(11)18(26)31)17(15(12)22)19(32)29-10-6-7-28-23(3,8-10)21(27)34/h4-8,12,15,17,28H,9H2,1-3H3,(H2,26,31)(H2,27,34)(H,29,32)/t12-,15-,17-,23?/m0/s1. The number of nitrogens with two attached hydrogens (primary N) is 2. The number of hydrogen-bond acceptors (Lipinski definition) is 5. The third kappa shape index (κ3) is 3.51. The van der Waals surface area contributed by atoms with Crippen molar-refractivity contribution in [3.8, 4) is 0 Å². The summed E-state index contributed by atoms with van der Waals surface area (Å²) in [5.74, 6) is -6.27. The molecule has 2 fully saturated rings. The van der Waals surface area contributed by atoms with Crippen LogP contribution in [0.5, 0.6) is 0 Å². The molecule has 0 bridgehead atoms. The van der Waals surface area contributed by atoms with Gasteiger partial charge in [-0.15, -0.1) is 0 Å². The van der Waals surface area contributed by atoms with E-state index in [2.05, 4.69) is 10.6 Å². The monoisotopic (exact) mass is 473 g/mol. The van der Waals surface area contributed by atoms with Crippen LogP contribution >= 0.6 is 0 Å². The largest absolute Gasteiger partial charge is 0.374 e. The highest BCUT2D eigenvalue weighted by atomic mass is 19.2. The molecule has 0 spiro atoms. The molecule has 4 atom stereocenters. The second kappa shape index (κ2) is 7.64. The number of halogens is 2. The molecule has 0 radical (unpaired) electrons. The maximum absolute atomic E-state index is 14.3. The van der Waals surface area contributed by atoms with Crippen molar-refractivity contribution in [2.75, 3.05) is 6.54 Å². The molecule has 9 nitrogen and oxygen atoms in total. The Morgan fingerprint density at radius 3 is 2.44 bits per heavy atom. The van der Waals surface area contributed by atoms with Gasteiger partial charge in [0.05, 0.1) is 11.1 Å². The van der Waals surface area contributed by atoms with E-state index in [1.807, 2.05) is 13.8 Å². The molecule has 1 saturated carbocycles. The zero-order valence-corrected chi connectivity index (χ0v) is 18.8. The molecule has 180 valence electrons. The molecule has 4 rings (SSSR count). The minimum atomic E-state index is -1.51. The Kier molecular flexibility index (Phi) is 5.26. The molecule has 0 aromatic heterocycles. The predicted octanol–water partition coefficient (Wildman–Crippen LogP) is 0.521. The maximum atomic E-state index is 14.3. The smallest absolute Gasteiger partial charge is 0.255 e. The van der Waals surface area contributed by atoms with E-state index in [0.29, 0.717) is 5.70 Å². The number of nitrogens with one attached hydrogen (secondary N) is 2. The number of fused-ring (bicyclic) bond motifs is 1. The summed E-state index contributed by atoms with van der Waals surface area (Å²) in [6.45, 7) is 5.70. The van der Waals surface area contributed by atoms with Gasteiger partial charge in [-0.05, 0) is 54.7 Å². The number of primary amides is 2. The average Bonchev–Trinajstić information content (AvgIpc) is 3.09. The summed E-state index contributed by atoms with van der Waals surface area (Å²) >= 11 is 0. The SMILES string of the molecule is CC1(C(N)=O)C=C(NC(=O)[C@@H]2[C@@H]3[C@H](CN2C(=O)c2ccc(F)c(F)c2C(N)=O)C3(C)C)C=CN1. The number of hydrogen-bond donors (Lipinski definition) is 4. The Hall–Kier alpha value is -3.76. The van der Waals surface area contributed by atoms with Crippen LogP contribution in [0.15, 0.2) is 36.2 Å². The molecule has 34 heavy (non-hydrogen) atoms. The fourth-order valence-corrected chi connectivity index (χ4v) is 5.06. The Labute approximate surface area is 194 Å². The topological polar surface area (TPSA) is 148 Å². The zero-order chi connectivity index (χ0) is 25.2. The van der Waals surface area contributed by atoms with Crippen LogP contribution in [0.2, 0.25) is 0 Å². The summed E-state index contributed by atoms with van der Waals surface area (Å²) in [7, 11) is 0. The molecule has 4 amide bonds. The van der Waals surface area contributed by atoms with Crippen LogP contribution in [0.3, 0.4) is 0 Å². The number of piperidine rings is 1. The van der Waals surface area contributed by atoms with Gasteiger partial charge in [0, 0.05) is 12.2 Å². The number of allylic oxidation sites excluding steroid dienone is 1. The zero-order valence-electron chi connectivity index (χ0n) is 18.8. The summed E-state index contributed by atoms with van der Waals surface area (Å²) in [5.41, 5.74) is 8.24. The van der Waals surface area contributed by atoms with Gasteiger partial charge in [-0.25, -0.2) is 8.78 Å². The van der Waals surface area contributed by atoms with Crippen LogP contribution in [0, 0.1) is 28.9 Å². The first-order valence-electron chi connectivity index (χ1n) is 10.7. The normalized spacial score (nSPS) is 28.4. The van der Waals surface area contributed by atoms with E-state index >= 15 is 0 Å². The first-order valence-corrected chi connectivity index (χ1v) is 10.7. The molecule has 2 heterocycles. The van der Waals surface area contributed by atoms with Gasteiger partial charge in [-0.3, -0.25) is 19.2 Å². The quantitative estimate of drug-likeness (QED) is 0.492. The highest BCUT2D eigenvalue weighted by molar-refractivity contribution is 6.08. The second-order valence-corrected chi connectivity index (χ2v) is 9.64. The van der Waals surface area contributed by atoms with Gasteiger partial charge < -0.3 is 27.0 Å². The van der Waals surface area contributed by atoms with E-state index in [0.717, 1.165) is 12.1 Å². The van der Waals surface area contributed by atoms with Crippen molar-refractivity contribution in [3.05, 3.63) is 58.9 Å². The maximum Gasteiger partial charge on any atom is 0.255 e. The van der Waals surface area contributed by atoms with Crippen molar-refractivity contribution in [2.45, 2.75) is 32.4 Å². The number of dihydropyridines is 1. The van der Waals surface area contributed by atoms with Gasteiger partial charge in [0.2, 0.25) is 11.8 Å². The molecular weight excluding hydrogens is 448 g/mol. The van der Waals surface area contributed by atoms with Crippen LogP contribution in [0.1, 0.15) is 41.5 Å². The van der Waals surface area contributed by atoms with E-state index in [1.54, 1.807) is 13.0 Å². The number of carbonyl (C=O) groups is 4. The molecule has 3 aliphatic rings. The first kappa shape index (κ1) is 23.4. The number of rotatable bonds is 5. The van der Waals surface area contributed by atoms with Crippen molar-refractivity contribution in [3.63, 3.8) is 0 Å². The highest BCUT2D eigenvalue weighted by Gasteiger charge is 2.69. The predicted molar refractivity (Wildman–Crippen MR) is 117 cm³/mol. The van der Waals surface area contributed by atoms with Gasteiger partial charge in [0.1, 0.15) is 11.6 Å². The van der Waals surface area contributed by atoms with Crippen molar-refractivity contribution >= 4 is 23.6 Å². The van der Waals surface area contributed by atoms with Crippen LogP contribution in [0.4, 0.5) is 8.78 Å². The number of amides is 4. The molecular formula is C23H25F2N5O4. The van der Waals surface area contributed by atoms with Gasteiger partial charge >= 0.3 is 0 Å². The molecule has 1 saturated heterocycles. The van der Waals surface area contributed by atoms with E-state index in [-0.39, 0.29) is 23.8 Å². The van der Waals surface area contributed by atoms with Crippen LogP contribution in [0.25, 0.3) is 0 Å². The number of likely N-dealkylation sites (tertiary alicyclic amines) is 1. The van der Waals surface area contributed by atoms with Crippen molar-refractivity contribution < 1.29 is 28.0 Å². The Balaban J connectivity index is 1.66. The lowest BCUT2D eigenvalue weighted by Crippen LogP contribution is -2.53. The first-order chi connectivity index (χ1) is 15.8. The summed E-state index contributed by atoms with van der Waals surface area (Å²) in [6, 6.07) is 0.784. The lowest BCUT2D eigenvalue weighted by Gasteiger charge is -2.32. The number of benzene rings is 1. The fraction of sp³-hybridized carbons (Fsp3) is 0.391.